The number of rotatable bonds is 7. The van der Waals surface area contributed by atoms with Gasteiger partial charge in [-0.15, -0.1) is 0 Å². The van der Waals surface area contributed by atoms with Gasteiger partial charge in [-0.2, -0.15) is 0 Å². The van der Waals surface area contributed by atoms with Gasteiger partial charge in [0.15, 0.2) is 0 Å². The Morgan fingerprint density at radius 2 is 1.94 bits per heavy atom. The Labute approximate surface area is 101 Å². The molecule has 96 valence electrons. The van der Waals surface area contributed by atoms with Crippen molar-refractivity contribution in [3.63, 3.8) is 0 Å². The molecule has 2 heteroatoms. The summed E-state index contributed by atoms with van der Waals surface area (Å²) in [6.45, 7) is 8.52. The lowest BCUT2D eigenvalue weighted by atomic mass is 9.90. The molecule has 0 heterocycles. The molecule has 0 amide bonds. The fraction of sp³-hybridized carbons (Fsp3) is 1.00. The first-order valence-electron chi connectivity index (χ1n) is 6.92. The van der Waals surface area contributed by atoms with Gasteiger partial charge in [0, 0.05) is 13.1 Å². The average molecular weight is 227 g/mol. The summed E-state index contributed by atoms with van der Waals surface area (Å²) in [5.41, 5.74) is 0.354. The van der Waals surface area contributed by atoms with E-state index in [1.54, 1.807) is 0 Å². The number of hydrogen-bond acceptors (Lipinski definition) is 2. The van der Waals surface area contributed by atoms with Crippen LogP contribution in [0.2, 0.25) is 0 Å². The van der Waals surface area contributed by atoms with Gasteiger partial charge in [-0.25, -0.2) is 0 Å². The quantitative estimate of drug-likeness (QED) is 0.701. The van der Waals surface area contributed by atoms with Crippen molar-refractivity contribution in [2.24, 2.45) is 11.3 Å². The summed E-state index contributed by atoms with van der Waals surface area (Å²) >= 11 is 0. The van der Waals surface area contributed by atoms with Crippen LogP contribution in [0.1, 0.15) is 59.3 Å². The van der Waals surface area contributed by atoms with Crippen LogP contribution < -0.4 is 5.32 Å². The van der Waals surface area contributed by atoms with Crippen molar-refractivity contribution in [1.29, 1.82) is 0 Å². The molecular weight excluding hydrogens is 198 g/mol. The minimum Gasteiger partial charge on any atom is -0.392 e. The highest BCUT2D eigenvalue weighted by atomic mass is 16.3. The third-order valence-corrected chi connectivity index (χ3v) is 4.02. The minimum atomic E-state index is -0.143. The standard InChI is InChI=1S/C14H29NO/c1-4-14(2,3)11-15-10-13(16)9-12-7-5-6-8-12/h12-13,15-16H,4-11H2,1-3H3. The molecule has 1 fully saturated rings. The van der Waals surface area contributed by atoms with E-state index in [9.17, 15) is 5.11 Å². The maximum atomic E-state index is 9.92. The first kappa shape index (κ1) is 14.0. The average Bonchev–Trinajstić information content (AvgIpc) is 2.70. The van der Waals surface area contributed by atoms with E-state index in [1.165, 1.54) is 32.1 Å². The molecule has 0 spiro atoms. The van der Waals surface area contributed by atoms with Gasteiger partial charge in [0.25, 0.3) is 0 Å². The Kier molecular flexibility index (Phi) is 5.77. The summed E-state index contributed by atoms with van der Waals surface area (Å²) in [5, 5.41) is 13.3. The van der Waals surface area contributed by atoms with Gasteiger partial charge in [-0.05, 0) is 24.2 Å². The summed E-state index contributed by atoms with van der Waals surface area (Å²) in [6, 6.07) is 0. The van der Waals surface area contributed by atoms with Crippen LogP contribution in [0.5, 0.6) is 0 Å². The van der Waals surface area contributed by atoms with Crippen molar-refractivity contribution < 1.29 is 5.11 Å². The molecule has 0 radical (unpaired) electrons. The van der Waals surface area contributed by atoms with Crippen LogP contribution in [0, 0.1) is 11.3 Å². The molecule has 1 saturated carbocycles. The summed E-state index contributed by atoms with van der Waals surface area (Å²) in [5.74, 6) is 0.788. The molecule has 1 rings (SSSR count). The van der Waals surface area contributed by atoms with Gasteiger partial charge in [0.05, 0.1) is 6.10 Å². The maximum Gasteiger partial charge on any atom is 0.0667 e. The van der Waals surface area contributed by atoms with E-state index in [-0.39, 0.29) is 6.10 Å². The number of hydrogen-bond donors (Lipinski definition) is 2. The van der Waals surface area contributed by atoms with Gasteiger partial charge in [-0.1, -0.05) is 46.5 Å². The van der Waals surface area contributed by atoms with E-state index in [0.29, 0.717) is 5.41 Å². The SMILES string of the molecule is CCC(C)(C)CNCC(O)CC1CCCC1. The first-order chi connectivity index (χ1) is 7.53. The zero-order valence-electron chi connectivity index (χ0n) is 11.3. The summed E-state index contributed by atoms with van der Waals surface area (Å²) in [4.78, 5) is 0. The van der Waals surface area contributed by atoms with E-state index in [2.05, 4.69) is 26.1 Å². The number of aliphatic hydroxyl groups excluding tert-OH is 1. The third kappa shape index (κ3) is 5.31. The molecule has 1 aliphatic carbocycles. The van der Waals surface area contributed by atoms with Crippen LogP contribution in [0.15, 0.2) is 0 Å². The third-order valence-electron chi connectivity index (χ3n) is 4.02. The van der Waals surface area contributed by atoms with Crippen molar-refractivity contribution in [2.75, 3.05) is 13.1 Å². The Hall–Kier alpha value is -0.0800. The van der Waals surface area contributed by atoms with E-state index >= 15 is 0 Å². The van der Waals surface area contributed by atoms with Crippen LogP contribution in [-0.4, -0.2) is 24.3 Å². The number of aliphatic hydroxyl groups is 1. The Balaban J connectivity index is 2.07. The van der Waals surface area contributed by atoms with E-state index in [0.717, 1.165) is 25.4 Å². The van der Waals surface area contributed by atoms with Crippen molar-refractivity contribution in [2.45, 2.75) is 65.4 Å². The van der Waals surface area contributed by atoms with E-state index in [4.69, 9.17) is 0 Å². The van der Waals surface area contributed by atoms with Crippen LogP contribution >= 0.6 is 0 Å². The fourth-order valence-electron chi connectivity index (χ4n) is 2.42. The Bertz CT molecular complexity index is 185. The molecule has 0 aromatic heterocycles. The molecule has 0 aliphatic heterocycles. The predicted octanol–water partition coefficient (Wildman–Crippen LogP) is 2.95. The zero-order valence-corrected chi connectivity index (χ0v) is 11.3. The van der Waals surface area contributed by atoms with Gasteiger partial charge < -0.3 is 10.4 Å². The van der Waals surface area contributed by atoms with Crippen molar-refractivity contribution in [3.8, 4) is 0 Å². The molecule has 2 nitrogen and oxygen atoms in total. The topological polar surface area (TPSA) is 32.3 Å². The van der Waals surface area contributed by atoms with Crippen molar-refractivity contribution in [1.82, 2.24) is 5.32 Å². The van der Waals surface area contributed by atoms with Crippen LogP contribution in [0.4, 0.5) is 0 Å². The summed E-state index contributed by atoms with van der Waals surface area (Å²) in [7, 11) is 0. The molecule has 1 unspecified atom stereocenters. The van der Waals surface area contributed by atoms with E-state index < -0.39 is 0 Å². The van der Waals surface area contributed by atoms with Crippen molar-refractivity contribution >= 4 is 0 Å². The monoisotopic (exact) mass is 227 g/mol. The fourth-order valence-corrected chi connectivity index (χ4v) is 2.42. The highest BCUT2D eigenvalue weighted by molar-refractivity contribution is 4.74. The van der Waals surface area contributed by atoms with Crippen molar-refractivity contribution in [3.05, 3.63) is 0 Å². The van der Waals surface area contributed by atoms with Crippen LogP contribution in [-0.2, 0) is 0 Å². The van der Waals surface area contributed by atoms with Crippen LogP contribution in [0.3, 0.4) is 0 Å². The first-order valence-corrected chi connectivity index (χ1v) is 6.92. The summed E-state index contributed by atoms with van der Waals surface area (Å²) < 4.78 is 0. The molecule has 16 heavy (non-hydrogen) atoms. The predicted molar refractivity (Wildman–Crippen MR) is 69.5 cm³/mol. The molecule has 0 aromatic rings. The minimum absolute atomic E-state index is 0.143. The largest absolute Gasteiger partial charge is 0.392 e. The second kappa shape index (κ2) is 6.61. The van der Waals surface area contributed by atoms with E-state index in [1.807, 2.05) is 0 Å². The molecule has 1 aliphatic rings. The lowest BCUT2D eigenvalue weighted by Crippen LogP contribution is -2.35. The van der Waals surface area contributed by atoms with Crippen LogP contribution in [0.25, 0.3) is 0 Å². The Morgan fingerprint density at radius 3 is 2.50 bits per heavy atom. The Morgan fingerprint density at radius 1 is 1.31 bits per heavy atom. The maximum absolute atomic E-state index is 9.92. The lowest BCUT2D eigenvalue weighted by Gasteiger charge is -2.24. The lowest BCUT2D eigenvalue weighted by molar-refractivity contribution is 0.136. The molecule has 0 saturated heterocycles. The van der Waals surface area contributed by atoms with Gasteiger partial charge >= 0.3 is 0 Å². The highest BCUT2D eigenvalue weighted by Gasteiger charge is 2.19. The highest BCUT2D eigenvalue weighted by Crippen LogP contribution is 2.28. The molecule has 1 atom stereocenters. The number of nitrogens with one attached hydrogen (secondary N) is 1. The molecular formula is C14H29NO. The molecule has 0 bridgehead atoms. The van der Waals surface area contributed by atoms with Gasteiger partial charge in [0.2, 0.25) is 0 Å². The van der Waals surface area contributed by atoms with Gasteiger partial charge in [0.1, 0.15) is 0 Å². The summed E-state index contributed by atoms with van der Waals surface area (Å²) in [6.07, 6.45) is 7.44. The second-order valence-corrected chi connectivity index (χ2v) is 6.19. The molecule has 2 N–H and O–H groups in total. The second-order valence-electron chi connectivity index (χ2n) is 6.19. The zero-order chi connectivity index (χ0) is 12.0. The smallest absolute Gasteiger partial charge is 0.0667 e. The van der Waals surface area contributed by atoms with Gasteiger partial charge in [-0.3, -0.25) is 0 Å². The normalized spacial score (nSPS) is 20.2. The molecule has 0 aromatic carbocycles.